The molecule has 13 heavy (non-hydrogen) atoms. The van der Waals surface area contributed by atoms with E-state index in [1.165, 1.54) is 16.6 Å². The maximum atomic E-state index is 4.03. The molecule has 2 rings (SSSR count). The van der Waals surface area contributed by atoms with Gasteiger partial charge in [0.1, 0.15) is 0 Å². The smallest absolute Gasteiger partial charge is 0.0671 e. The molecule has 1 aromatic carbocycles. The second-order valence-electron chi connectivity index (χ2n) is 3.46. The maximum absolute atomic E-state index is 4.03. The Hall–Kier alpha value is -1.51. The first kappa shape index (κ1) is 8.10. The van der Waals surface area contributed by atoms with Crippen molar-refractivity contribution in [2.24, 2.45) is 0 Å². The van der Waals surface area contributed by atoms with Crippen molar-refractivity contribution in [2.75, 3.05) is 19.0 Å². The van der Waals surface area contributed by atoms with Crippen LogP contribution in [0.1, 0.15) is 5.56 Å². The summed E-state index contributed by atoms with van der Waals surface area (Å²) >= 11 is 0. The first-order chi connectivity index (χ1) is 6.20. The molecule has 1 N–H and O–H groups in total. The number of fused-ring (bicyclic) bond motifs is 1. The molecule has 0 unspecified atom stereocenters. The van der Waals surface area contributed by atoms with E-state index in [9.17, 15) is 0 Å². The lowest BCUT2D eigenvalue weighted by Crippen LogP contribution is -2.10. The summed E-state index contributed by atoms with van der Waals surface area (Å²) in [4.78, 5) is 2.12. The highest BCUT2D eigenvalue weighted by Crippen LogP contribution is 2.27. The van der Waals surface area contributed by atoms with Crippen LogP contribution in [0.2, 0.25) is 0 Å². The number of anilines is 1. The third-order valence-electron chi connectivity index (χ3n) is 2.24. The molecule has 0 amide bonds. The molecule has 1 aromatic heterocycles. The van der Waals surface area contributed by atoms with Gasteiger partial charge in [-0.1, -0.05) is 6.07 Å². The average molecular weight is 175 g/mol. The second kappa shape index (κ2) is 2.76. The Morgan fingerprint density at radius 2 is 2.08 bits per heavy atom. The lowest BCUT2D eigenvalue weighted by molar-refractivity contribution is 1.12. The van der Waals surface area contributed by atoms with E-state index in [4.69, 9.17) is 0 Å². The SMILES string of the molecule is Cc1ccc2[nH]ncc2c1N(C)C. The number of nitrogens with zero attached hydrogens (tertiary/aromatic N) is 2. The van der Waals surface area contributed by atoms with Crippen molar-refractivity contribution < 1.29 is 0 Å². The fraction of sp³-hybridized carbons (Fsp3) is 0.300. The van der Waals surface area contributed by atoms with Crippen molar-refractivity contribution in [1.82, 2.24) is 10.2 Å². The quantitative estimate of drug-likeness (QED) is 0.718. The first-order valence-corrected chi connectivity index (χ1v) is 4.30. The lowest BCUT2D eigenvalue weighted by atomic mass is 10.1. The Morgan fingerprint density at radius 3 is 2.77 bits per heavy atom. The van der Waals surface area contributed by atoms with Crippen LogP contribution < -0.4 is 4.90 Å². The minimum absolute atomic E-state index is 1.09. The van der Waals surface area contributed by atoms with E-state index in [1.54, 1.807) is 0 Å². The zero-order valence-electron chi connectivity index (χ0n) is 8.13. The number of rotatable bonds is 1. The Labute approximate surface area is 77.4 Å². The van der Waals surface area contributed by atoms with Gasteiger partial charge in [0, 0.05) is 19.5 Å². The van der Waals surface area contributed by atoms with Crippen molar-refractivity contribution in [3.05, 3.63) is 23.9 Å². The molecule has 0 bridgehead atoms. The first-order valence-electron chi connectivity index (χ1n) is 4.30. The summed E-state index contributed by atoms with van der Waals surface area (Å²) in [6.45, 7) is 2.11. The number of aromatic amines is 1. The molecule has 3 nitrogen and oxygen atoms in total. The number of aryl methyl sites for hydroxylation is 1. The summed E-state index contributed by atoms with van der Waals surface area (Å²) in [6, 6.07) is 4.17. The van der Waals surface area contributed by atoms with E-state index in [0.29, 0.717) is 0 Å². The topological polar surface area (TPSA) is 31.9 Å². The van der Waals surface area contributed by atoms with E-state index in [1.807, 2.05) is 6.20 Å². The molecule has 0 fully saturated rings. The largest absolute Gasteiger partial charge is 0.377 e. The zero-order valence-corrected chi connectivity index (χ0v) is 8.13. The van der Waals surface area contributed by atoms with Gasteiger partial charge in [-0.25, -0.2) is 0 Å². The minimum Gasteiger partial charge on any atom is -0.377 e. The van der Waals surface area contributed by atoms with Crippen LogP contribution in [0.4, 0.5) is 5.69 Å². The highest BCUT2D eigenvalue weighted by Gasteiger charge is 2.07. The van der Waals surface area contributed by atoms with Gasteiger partial charge in [0.15, 0.2) is 0 Å². The maximum Gasteiger partial charge on any atom is 0.0671 e. The number of hydrogen-bond acceptors (Lipinski definition) is 2. The summed E-state index contributed by atoms with van der Waals surface area (Å²) < 4.78 is 0. The van der Waals surface area contributed by atoms with Crippen LogP contribution in [0.5, 0.6) is 0 Å². The second-order valence-corrected chi connectivity index (χ2v) is 3.46. The van der Waals surface area contributed by atoms with Crippen LogP contribution in [0.3, 0.4) is 0 Å². The van der Waals surface area contributed by atoms with Crippen molar-refractivity contribution in [2.45, 2.75) is 6.92 Å². The van der Waals surface area contributed by atoms with E-state index in [0.717, 1.165) is 5.52 Å². The molecule has 0 aliphatic rings. The van der Waals surface area contributed by atoms with Crippen LogP contribution in [0, 0.1) is 6.92 Å². The minimum atomic E-state index is 1.09. The van der Waals surface area contributed by atoms with Crippen LogP contribution in [0.15, 0.2) is 18.3 Å². The van der Waals surface area contributed by atoms with Crippen LogP contribution in [0.25, 0.3) is 10.9 Å². The molecule has 0 aliphatic heterocycles. The summed E-state index contributed by atoms with van der Waals surface area (Å²) in [6.07, 6.45) is 1.87. The van der Waals surface area contributed by atoms with Crippen LogP contribution in [-0.2, 0) is 0 Å². The van der Waals surface area contributed by atoms with Crippen molar-refractivity contribution in [3.63, 3.8) is 0 Å². The molecule has 0 saturated heterocycles. The van der Waals surface area contributed by atoms with Crippen molar-refractivity contribution in [1.29, 1.82) is 0 Å². The molecule has 0 saturated carbocycles. The number of aromatic nitrogens is 2. The molecule has 0 spiro atoms. The van der Waals surface area contributed by atoms with Crippen molar-refractivity contribution in [3.8, 4) is 0 Å². The third-order valence-corrected chi connectivity index (χ3v) is 2.24. The number of nitrogens with one attached hydrogen (secondary N) is 1. The highest BCUT2D eigenvalue weighted by atomic mass is 15.1. The molecule has 0 atom stereocenters. The van der Waals surface area contributed by atoms with Gasteiger partial charge in [-0.05, 0) is 18.6 Å². The predicted octanol–water partition coefficient (Wildman–Crippen LogP) is 1.94. The number of benzene rings is 1. The molecule has 3 heteroatoms. The van der Waals surface area contributed by atoms with Gasteiger partial charge in [-0.2, -0.15) is 5.10 Å². The van der Waals surface area contributed by atoms with Gasteiger partial charge in [0.2, 0.25) is 0 Å². The third kappa shape index (κ3) is 1.16. The van der Waals surface area contributed by atoms with E-state index in [-0.39, 0.29) is 0 Å². The average Bonchev–Trinajstić information content (AvgIpc) is 2.50. The van der Waals surface area contributed by atoms with Gasteiger partial charge in [0.05, 0.1) is 17.4 Å². The standard InChI is InChI=1S/C10H13N3/c1-7-4-5-9-8(6-11-12-9)10(7)13(2)3/h4-6H,1-3H3,(H,11,12). The van der Waals surface area contributed by atoms with Crippen molar-refractivity contribution >= 4 is 16.6 Å². The summed E-state index contributed by atoms with van der Waals surface area (Å²) in [5.41, 5.74) is 3.61. The Balaban J connectivity index is 2.80. The van der Waals surface area contributed by atoms with E-state index >= 15 is 0 Å². The van der Waals surface area contributed by atoms with Crippen LogP contribution >= 0.6 is 0 Å². The molecule has 0 radical (unpaired) electrons. The lowest BCUT2D eigenvalue weighted by Gasteiger charge is -2.16. The highest BCUT2D eigenvalue weighted by molar-refractivity contribution is 5.93. The van der Waals surface area contributed by atoms with Crippen LogP contribution in [-0.4, -0.2) is 24.3 Å². The zero-order chi connectivity index (χ0) is 9.42. The number of H-pyrrole nitrogens is 1. The predicted molar refractivity (Wildman–Crippen MR) is 55.2 cm³/mol. The Bertz CT molecular complexity index is 429. The summed E-state index contributed by atoms with van der Waals surface area (Å²) in [7, 11) is 4.10. The van der Waals surface area contributed by atoms with Gasteiger partial charge < -0.3 is 4.90 Å². The van der Waals surface area contributed by atoms with Gasteiger partial charge in [0.25, 0.3) is 0 Å². The van der Waals surface area contributed by atoms with Gasteiger partial charge >= 0.3 is 0 Å². The summed E-state index contributed by atoms with van der Waals surface area (Å²) in [5.74, 6) is 0. The molecular formula is C10H13N3. The summed E-state index contributed by atoms with van der Waals surface area (Å²) in [5, 5.41) is 8.18. The Kier molecular flexibility index (Phi) is 1.72. The van der Waals surface area contributed by atoms with Gasteiger partial charge in [-0.15, -0.1) is 0 Å². The van der Waals surface area contributed by atoms with E-state index in [2.05, 4.69) is 48.2 Å². The normalized spacial score (nSPS) is 10.7. The molecule has 2 aromatic rings. The number of hydrogen-bond donors (Lipinski definition) is 1. The monoisotopic (exact) mass is 175 g/mol. The molecule has 68 valence electrons. The molecular weight excluding hydrogens is 162 g/mol. The molecule has 0 aliphatic carbocycles. The fourth-order valence-corrected chi connectivity index (χ4v) is 1.71. The Morgan fingerprint density at radius 1 is 1.31 bits per heavy atom. The fourth-order valence-electron chi connectivity index (χ4n) is 1.71. The van der Waals surface area contributed by atoms with Gasteiger partial charge in [-0.3, -0.25) is 5.10 Å². The van der Waals surface area contributed by atoms with E-state index < -0.39 is 0 Å². The molecule has 1 heterocycles.